The van der Waals surface area contributed by atoms with E-state index in [0.29, 0.717) is 24.2 Å². The molecule has 0 saturated carbocycles. The van der Waals surface area contributed by atoms with Gasteiger partial charge in [0.15, 0.2) is 11.6 Å². The molecule has 0 heterocycles. The minimum atomic E-state index is -1.60. The summed E-state index contributed by atoms with van der Waals surface area (Å²) >= 11 is 6.69. The standard InChI is InChI=1S/C27H32ClN3O6/c1-12(32)29-26(36)20-21(28)22(31(5)6)15-11-13-10-14-16(30(3)4)8-9-17(37-7)19(14)23(33)18(13)24(34)27(15,2)25(20)35/h8-9,13,15,22,34H,10-11H2,1-7H3,(H,29,32,36)/t13-,15-,22-,27+/m0/s1. The lowest BCUT2D eigenvalue weighted by molar-refractivity contribution is -0.134. The van der Waals surface area contributed by atoms with E-state index in [-0.39, 0.29) is 27.9 Å². The van der Waals surface area contributed by atoms with Crippen LogP contribution in [0.25, 0.3) is 0 Å². The molecule has 0 radical (unpaired) electrons. The molecular formula is C27H32ClN3O6. The molecule has 0 aromatic heterocycles. The Morgan fingerprint density at radius 1 is 1.19 bits per heavy atom. The van der Waals surface area contributed by atoms with Gasteiger partial charge in [0.2, 0.25) is 5.91 Å². The maximum absolute atomic E-state index is 14.0. The third kappa shape index (κ3) is 3.87. The normalized spacial score (nSPS) is 27.0. The molecule has 4 rings (SSSR count). The second-order valence-electron chi connectivity index (χ2n) is 10.5. The molecule has 2 amide bonds. The third-order valence-corrected chi connectivity index (χ3v) is 8.37. The molecule has 0 aliphatic heterocycles. The number of allylic oxidation sites excluding steroid dienone is 2. The van der Waals surface area contributed by atoms with Crippen LogP contribution in [0.1, 0.15) is 36.2 Å². The largest absolute Gasteiger partial charge is 0.511 e. The van der Waals surface area contributed by atoms with Crippen molar-refractivity contribution >= 4 is 40.7 Å². The Kier molecular flexibility index (Phi) is 6.75. The highest BCUT2D eigenvalue weighted by Gasteiger charge is 2.61. The van der Waals surface area contributed by atoms with E-state index in [9.17, 15) is 24.3 Å². The molecule has 0 bridgehead atoms. The average Bonchev–Trinajstić information content (AvgIpc) is 2.80. The molecule has 3 aliphatic carbocycles. The van der Waals surface area contributed by atoms with Crippen molar-refractivity contribution in [3.05, 3.63) is 45.2 Å². The number of imide groups is 1. The number of methoxy groups -OCH3 is 1. The molecule has 2 N–H and O–H groups in total. The molecule has 9 nitrogen and oxygen atoms in total. The van der Waals surface area contributed by atoms with Crippen molar-refractivity contribution in [1.29, 1.82) is 0 Å². The van der Waals surface area contributed by atoms with Crippen LogP contribution in [-0.4, -0.2) is 74.7 Å². The van der Waals surface area contributed by atoms with Gasteiger partial charge in [-0.3, -0.25) is 24.5 Å². The Morgan fingerprint density at radius 3 is 2.38 bits per heavy atom. The van der Waals surface area contributed by atoms with Crippen LogP contribution in [0.4, 0.5) is 5.69 Å². The van der Waals surface area contributed by atoms with Crippen LogP contribution in [-0.2, 0) is 20.8 Å². The number of aliphatic hydroxyl groups is 1. The van der Waals surface area contributed by atoms with E-state index in [1.54, 1.807) is 32.0 Å². The zero-order chi connectivity index (χ0) is 27.6. The number of benzene rings is 1. The van der Waals surface area contributed by atoms with Crippen LogP contribution in [0.2, 0.25) is 0 Å². The summed E-state index contributed by atoms with van der Waals surface area (Å²) in [7, 11) is 8.82. The maximum Gasteiger partial charge on any atom is 0.262 e. The predicted molar refractivity (Wildman–Crippen MR) is 139 cm³/mol. The van der Waals surface area contributed by atoms with E-state index in [2.05, 4.69) is 5.32 Å². The van der Waals surface area contributed by atoms with Crippen molar-refractivity contribution in [1.82, 2.24) is 10.2 Å². The second kappa shape index (κ2) is 9.29. The van der Waals surface area contributed by atoms with Crippen molar-refractivity contribution in [2.75, 3.05) is 40.2 Å². The van der Waals surface area contributed by atoms with Crippen molar-refractivity contribution in [2.24, 2.45) is 17.3 Å². The Bertz CT molecular complexity index is 1300. The van der Waals surface area contributed by atoms with Gasteiger partial charge in [0.05, 0.1) is 34.7 Å². The van der Waals surface area contributed by atoms with Crippen LogP contribution in [0.5, 0.6) is 5.75 Å². The van der Waals surface area contributed by atoms with Gasteiger partial charge in [-0.05, 0) is 63.4 Å². The second-order valence-corrected chi connectivity index (χ2v) is 10.9. The number of carbonyl (C=O) groups excluding carboxylic acids is 4. The summed E-state index contributed by atoms with van der Waals surface area (Å²) < 4.78 is 5.51. The quantitative estimate of drug-likeness (QED) is 0.572. The van der Waals surface area contributed by atoms with Gasteiger partial charge in [0.1, 0.15) is 11.5 Å². The Hall–Kier alpha value is -3.17. The molecule has 4 atom stereocenters. The molecule has 37 heavy (non-hydrogen) atoms. The summed E-state index contributed by atoms with van der Waals surface area (Å²) in [5.74, 6) is -3.52. The highest BCUT2D eigenvalue weighted by Crippen LogP contribution is 2.57. The number of anilines is 1. The summed E-state index contributed by atoms with van der Waals surface area (Å²) in [5.41, 5.74) is 0.255. The van der Waals surface area contributed by atoms with Gasteiger partial charge in [-0.15, -0.1) is 0 Å². The van der Waals surface area contributed by atoms with Crippen molar-refractivity contribution in [3.63, 3.8) is 0 Å². The fourth-order valence-corrected chi connectivity index (χ4v) is 6.78. The number of hydrogen-bond acceptors (Lipinski definition) is 8. The number of rotatable bonds is 4. The number of likely N-dealkylation sites (N-methyl/N-ethyl adjacent to an activating group) is 1. The minimum Gasteiger partial charge on any atom is -0.511 e. The summed E-state index contributed by atoms with van der Waals surface area (Å²) in [5, 5.41) is 13.9. The molecule has 0 fully saturated rings. The lowest BCUT2D eigenvalue weighted by Crippen LogP contribution is -2.58. The number of nitrogens with zero attached hydrogens (tertiary/aromatic N) is 2. The number of aliphatic hydroxyl groups excluding tert-OH is 1. The molecule has 3 aliphatic rings. The van der Waals surface area contributed by atoms with Gasteiger partial charge >= 0.3 is 0 Å². The summed E-state index contributed by atoms with van der Waals surface area (Å²) in [6.45, 7) is 2.71. The van der Waals surface area contributed by atoms with E-state index in [4.69, 9.17) is 16.3 Å². The molecule has 0 saturated heterocycles. The Labute approximate surface area is 221 Å². The van der Waals surface area contributed by atoms with Crippen LogP contribution in [0.3, 0.4) is 0 Å². The number of nitrogens with one attached hydrogen (secondary N) is 1. The number of ether oxygens (including phenoxy) is 1. The maximum atomic E-state index is 14.0. The predicted octanol–water partition coefficient (Wildman–Crippen LogP) is 2.62. The minimum absolute atomic E-state index is 0.0191. The van der Waals surface area contributed by atoms with Crippen LogP contribution in [0, 0.1) is 17.3 Å². The molecule has 0 spiro atoms. The molecule has 1 aromatic rings. The lowest BCUT2D eigenvalue weighted by Gasteiger charge is -2.51. The number of amides is 2. The average molecular weight is 530 g/mol. The van der Waals surface area contributed by atoms with Crippen LogP contribution >= 0.6 is 11.6 Å². The topological polar surface area (TPSA) is 116 Å². The number of hydrogen-bond donors (Lipinski definition) is 2. The molecule has 10 heteroatoms. The third-order valence-electron chi connectivity index (χ3n) is 7.96. The van der Waals surface area contributed by atoms with Gasteiger partial charge in [0, 0.05) is 32.3 Å². The summed E-state index contributed by atoms with van der Waals surface area (Å²) in [6.07, 6.45) is 0.850. The zero-order valence-electron chi connectivity index (χ0n) is 22.1. The van der Waals surface area contributed by atoms with Gasteiger partial charge < -0.3 is 19.6 Å². The Morgan fingerprint density at radius 2 is 1.84 bits per heavy atom. The Balaban J connectivity index is 1.95. The molecular weight excluding hydrogens is 498 g/mol. The number of fused-ring (bicyclic) bond motifs is 3. The van der Waals surface area contributed by atoms with Crippen molar-refractivity contribution < 1.29 is 29.0 Å². The lowest BCUT2D eigenvalue weighted by atomic mass is 9.54. The number of ketones is 2. The fourth-order valence-electron chi connectivity index (χ4n) is 6.26. The zero-order valence-corrected chi connectivity index (χ0v) is 22.8. The smallest absolute Gasteiger partial charge is 0.262 e. The van der Waals surface area contributed by atoms with Crippen LogP contribution < -0.4 is 15.0 Å². The van der Waals surface area contributed by atoms with E-state index >= 15 is 0 Å². The van der Waals surface area contributed by atoms with E-state index in [1.165, 1.54) is 7.11 Å². The van der Waals surface area contributed by atoms with Crippen molar-refractivity contribution in [3.8, 4) is 5.75 Å². The number of Topliss-reactive ketones (excluding diaryl/α,β-unsaturated/α-hetero) is 2. The van der Waals surface area contributed by atoms with Gasteiger partial charge in [0.25, 0.3) is 5.91 Å². The monoisotopic (exact) mass is 529 g/mol. The first-order valence-electron chi connectivity index (χ1n) is 12.1. The number of halogens is 1. The van der Waals surface area contributed by atoms with Crippen molar-refractivity contribution in [2.45, 2.75) is 32.7 Å². The van der Waals surface area contributed by atoms with E-state index in [1.807, 2.05) is 25.1 Å². The summed E-state index contributed by atoms with van der Waals surface area (Å²) in [4.78, 5) is 56.1. The number of carbonyl (C=O) groups is 4. The van der Waals surface area contributed by atoms with E-state index in [0.717, 1.165) is 18.2 Å². The first kappa shape index (κ1) is 26.9. The molecule has 0 unspecified atom stereocenters. The summed E-state index contributed by atoms with van der Waals surface area (Å²) in [6, 6.07) is 3.02. The molecule has 198 valence electrons. The van der Waals surface area contributed by atoms with E-state index < -0.39 is 40.8 Å². The highest BCUT2D eigenvalue weighted by molar-refractivity contribution is 6.39. The van der Waals surface area contributed by atoms with Gasteiger partial charge in [-0.1, -0.05) is 11.6 Å². The fraction of sp³-hybridized carbons (Fsp3) is 0.481. The highest BCUT2D eigenvalue weighted by atomic mass is 35.5. The van der Waals surface area contributed by atoms with Gasteiger partial charge in [-0.2, -0.15) is 0 Å². The molecule has 1 aromatic carbocycles. The first-order chi connectivity index (χ1) is 17.3. The SMILES string of the molecule is COc1ccc(N(C)C)c2c1C(=O)C1=C(O)[C@]3(C)C(=O)C(C(=O)NC(C)=O)=C(Cl)[C@@H](N(C)C)[C@@H]3C[C@@H]1C2. The van der Waals surface area contributed by atoms with Gasteiger partial charge in [-0.25, -0.2) is 0 Å². The first-order valence-corrected chi connectivity index (χ1v) is 12.4. The van der Waals surface area contributed by atoms with Crippen LogP contribution in [0.15, 0.2) is 34.1 Å².